The number of sulfone groups is 1. The molecule has 0 radical (unpaired) electrons. The summed E-state index contributed by atoms with van der Waals surface area (Å²) in [5.74, 6) is 0.0840. The molecule has 18 heavy (non-hydrogen) atoms. The molecule has 0 amide bonds. The maximum Gasteiger partial charge on any atom is 0.156 e. The Kier molecular flexibility index (Phi) is 3.96. The van der Waals surface area contributed by atoms with Crippen LogP contribution in [-0.4, -0.2) is 37.2 Å². The van der Waals surface area contributed by atoms with Crippen molar-refractivity contribution in [2.75, 3.05) is 11.5 Å². The van der Waals surface area contributed by atoms with E-state index >= 15 is 0 Å². The average molecular weight is 336 g/mol. The van der Waals surface area contributed by atoms with E-state index in [2.05, 4.69) is 15.9 Å². The van der Waals surface area contributed by atoms with Gasteiger partial charge in [-0.05, 0) is 22.0 Å². The first-order chi connectivity index (χ1) is 8.43. The second kappa shape index (κ2) is 5.16. The lowest BCUT2D eigenvalue weighted by atomic mass is 10.2. The number of benzene rings is 1. The summed E-state index contributed by atoms with van der Waals surface area (Å²) >= 11 is 3.33. The number of ether oxygens (including phenoxy) is 1. The fourth-order valence-electron chi connectivity index (χ4n) is 1.91. The zero-order valence-electron chi connectivity index (χ0n) is 9.54. The number of halogens is 1. The maximum atomic E-state index is 11.4. The molecule has 1 aromatic rings. The number of para-hydroxylation sites is 1. The highest BCUT2D eigenvalue weighted by atomic mass is 79.9. The van der Waals surface area contributed by atoms with E-state index in [0.29, 0.717) is 10.2 Å². The highest BCUT2D eigenvalue weighted by Gasteiger charge is 2.38. The van der Waals surface area contributed by atoms with Crippen molar-refractivity contribution in [3.63, 3.8) is 0 Å². The monoisotopic (exact) mass is 335 g/mol. The Hall–Kier alpha value is -0.630. The van der Waals surface area contributed by atoms with Crippen LogP contribution in [0.3, 0.4) is 0 Å². The third kappa shape index (κ3) is 2.85. The zero-order chi connectivity index (χ0) is 13.3. The van der Waals surface area contributed by atoms with Crippen molar-refractivity contribution < 1.29 is 18.3 Å². The maximum absolute atomic E-state index is 11.4. The van der Waals surface area contributed by atoms with Crippen molar-refractivity contribution in [1.29, 1.82) is 0 Å². The summed E-state index contributed by atoms with van der Waals surface area (Å²) in [6.07, 6.45) is -1.73. The van der Waals surface area contributed by atoms with E-state index in [0.717, 1.165) is 5.56 Å². The van der Waals surface area contributed by atoms with Gasteiger partial charge >= 0.3 is 0 Å². The second-order valence-corrected chi connectivity index (χ2v) is 7.24. The van der Waals surface area contributed by atoms with Gasteiger partial charge in [-0.25, -0.2) is 8.42 Å². The first-order valence-electron chi connectivity index (χ1n) is 5.45. The third-order valence-electron chi connectivity index (χ3n) is 2.81. The standard InChI is InChI=1S/C11H14BrNO4S/c12-8-3-1-2-7(4-13)11(8)17-10-6-18(15,16)5-9(10)14/h1-3,9-10,14H,4-6,13H2. The molecule has 0 spiro atoms. The van der Waals surface area contributed by atoms with Gasteiger partial charge in [0.1, 0.15) is 18.0 Å². The molecule has 0 aliphatic carbocycles. The van der Waals surface area contributed by atoms with Crippen LogP contribution in [0.2, 0.25) is 0 Å². The Labute approximate surface area is 114 Å². The topological polar surface area (TPSA) is 89.6 Å². The number of nitrogens with two attached hydrogens (primary N) is 1. The van der Waals surface area contributed by atoms with Crippen molar-refractivity contribution in [1.82, 2.24) is 0 Å². The molecule has 1 aliphatic rings. The summed E-state index contributed by atoms with van der Waals surface area (Å²) in [6, 6.07) is 5.40. The minimum absolute atomic E-state index is 0.167. The Morgan fingerprint density at radius 2 is 2.17 bits per heavy atom. The summed E-state index contributed by atoms with van der Waals surface area (Å²) in [5, 5.41) is 9.69. The number of aliphatic hydroxyl groups excluding tert-OH is 1. The van der Waals surface area contributed by atoms with Crippen LogP contribution in [0, 0.1) is 0 Å². The SMILES string of the molecule is NCc1cccc(Br)c1OC1CS(=O)(=O)CC1O. The van der Waals surface area contributed by atoms with Crippen LogP contribution < -0.4 is 10.5 Å². The third-order valence-corrected chi connectivity index (χ3v) is 5.12. The van der Waals surface area contributed by atoms with Gasteiger partial charge in [-0.1, -0.05) is 12.1 Å². The van der Waals surface area contributed by atoms with E-state index in [-0.39, 0.29) is 18.1 Å². The van der Waals surface area contributed by atoms with E-state index in [1.54, 1.807) is 12.1 Å². The van der Waals surface area contributed by atoms with Crippen LogP contribution >= 0.6 is 15.9 Å². The molecule has 2 atom stereocenters. The molecular weight excluding hydrogens is 322 g/mol. The van der Waals surface area contributed by atoms with Crippen LogP contribution in [-0.2, 0) is 16.4 Å². The fourth-order valence-corrected chi connectivity index (χ4v) is 4.07. The van der Waals surface area contributed by atoms with E-state index in [4.69, 9.17) is 10.5 Å². The first kappa shape index (κ1) is 13.8. The van der Waals surface area contributed by atoms with E-state index in [1.165, 1.54) is 0 Å². The molecule has 1 aromatic carbocycles. The average Bonchev–Trinajstić information content (AvgIpc) is 2.54. The molecule has 1 heterocycles. The van der Waals surface area contributed by atoms with E-state index in [1.807, 2.05) is 6.07 Å². The summed E-state index contributed by atoms with van der Waals surface area (Å²) in [6.45, 7) is 0.282. The zero-order valence-corrected chi connectivity index (χ0v) is 11.9. The Balaban J connectivity index is 2.25. The van der Waals surface area contributed by atoms with Crippen molar-refractivity contribution in [2.45, 2.75) is 18.8 Å². The van der Waals surface area contributed by atoms with Crippen LogP contribution in [0.25, 0.3) is 0 Å². The van der Waals surface area contributed by atoms with Gasteiger partial charge in [0.2, 0.25) is 0 Å². The summed E-state index contributed by atoms with van der Waals surface area (Å²) in [7, 11) is -3.22. The fraction of sp³-hybridized carbons (Fsp3) is 0.455. The quantitative estimate of drug-likeness (QED) is 0.836. The lowest BCUT2D eigenvalue weighted by Gasteiger charge is -2.19. The van der Waals surface area contributed by atoms with Gasteiger partial charge in [0.25, 0.3) is 0 Å². The molecular formula is C11H14BrNO4S. The van der Waals surface area contributed by atoms with Crippen LogP contribution in [0.4, 0.5) is 0 Å². The van der Waals surface area contributed by atoms with Crippen LogP contribution in [0.1, 0.15) is 5.56 Å². The molecule has 1 fully saturated rings. The molecule has 1 saturated heterocycles. The second-order valence-electron chi connectivity index (χ2n) is 4.23. The molecule has 1 aliphatic heterocycles. The van der Waals surface area contributed by atoms with Crippen molar-refractivity contribution >= 4 is 25.8 Å². The van der Waals surface area contributed by atoms with Gasteiger partial charge in [-0.15, -0.1) is 0 Å². The molecule has 2 rings (SSSR count). The number of hydrogen-bond acceptors (Lipinski definition) is 5. The van der Waals surface area contributed by atoms with Gasteiger partial charge < -0.3 is 15.6 Å². The molecule has 5 nitrogen and oxygen atoms in total. The highest BCUT2D eigenvalue weighted by Crippen LogP contribution is 2.31. The smallest absolute Gasteiger partial charge is 0.156 e. The van der Waals surface area contributed by atoms with Crippen molar-refractivity contribution in [2.24, 2.45) is 5.73 Å². The van der Waals surface area contributed by atoms with Gasteiger partial charge in [0.15, 0.2) is 9.84 Å². The predicted molar refractivity (Wildman–Crippen MR) is 71.1 cm³/mol. The van der Waals surface area contributed by atoms with E-state index in [9.17, 15) is 13.5 Å². The van der Waals surface area contributed by atoms with Crippen molar-refractivity contribution in [3.05, 3.63) is 28.2 Å². The molecule has 2 unspecified atom stereocenters. The summed E-state index contributed by atoms with van der Waals surface area (Å²) < 4.78 is 29.1. The molecule has 7 heteroatoms. The lowest BCUT2D eigenvalue weighted by molar-refractivity contribution is 0.0726. The minimum Gasteiger partial charge on any atom is -0.485 e. The molecule has 100 valence electrons. The molecule has 0 bridgehead atoms. The van der Waals surface area contributed by atoms with Gasteiger partial charge in [-0.3, -0.25) is 0 Å². The molecule has 0 saturated carbocycles. The number of aliphatic hydroxyl groups is 1. The normalized spacial score (nSPS) is 26.2. The predicted octanol–water partition coefficient (Wildman–Crippen LogP) is 0.444. The first-order valence-corrected chi connectivity index (χ1v) is 8.07. The molecule has 3 N–H and O–H groups in total. The Morgan fingerprint density at radius 3 is 2.72 bits per heavy atom. The van der Waals surface area contributed by atoms with Crippen LogP contribution in [0.5, 0.6) is 5.75 Å². The van der Waals surface area contributed by atoms with Crippen molar-refractivity contribution in [3.8, 4) is 5.75 Å². The lowest BCUT2D eigenvalue weighted by Crippen LogP contribution is -2.30. The van der Waals surface area contributed by atoms with Gasteiger partial charge in [0, 0.05) is 12.1 Å². The van der Waals surface area contributed by atoms with Crippen LogP contribution in [0.15, 0.2) is 22.7 Å². The number of hydrogen-bond donors (Lipinski definition) is 2. The van der Waals surface area contributed by atoms with Gasteiger partial charge in [0.05, 0.1) is 16.0 Å². The summed E-state index contributed by atoms with van der Waals surface area (Å²) in [5.41, 5.74) is 6.36. The Bertz CT molecular complexity index is 546. The highest BCUT2D eigenvalue weighted by molar-refractivity contribution is 9.10. The molecule has 0 aromatic heterocycles. The van der Waals surface area contributed by atoms with Gasteiger partial charge in [-0.2, -0.15) is 0 Å². The summed E-state index contributed by atoms with van der Waals surface area (Å²) in [4.78, 5) is 0. The Morgan fingerprint density at radius 1 is 1.44 bits per heavy atom. The largest absolute Gasteiger partial charge is 0.485 e. The number of rotatable bonds is 3. The minimum atomic E-state index is -3.22. The van der Waals surface area contributed by atoms with E-state index < -0.39 is 22.0 Å².